The average molecular weight is 503 g/mol. The van der Waals surface area contributed by atoms with Gasteiger partial charge in [0.2, 0.25) is 11.8 Å². The van der Waals surface area contributed by atoms with Crippen LogP contribution in [0.25, 0.3) is 0 Å². The van der Waals surface area contributed by atoms with Crippen LogP contribution in [0.3, 0.4) is 0 Å². The topological polar surface area (TPSA) is 84.9 Å². The van der Waals surface area contributed by atoms with Crippen LogP contribution in [0.15, 0.2) is 42.0 Å². The summed E-state index contributed by atoms with van der Waals surface area (Å²) in [6, 6.07) is 8.68. The molecule has 0 unspecified atom stereocenters. The predicted octanol–water partition coefficient (Wildman–Crippen LogP) is 4.50. The Bertz CT molecular complexity index is 894. The van der Waals surface area contributed by atoms with E-state index in [9.17, 15) is 14.4 Å². The number of nitrogens with one attached hydrogen (secondary N) is 1. The molecule has 0 saturated heterocycles. The molecule has 0 aliphatic carbocycles. The molecule has 0 spiro atoms. The van der Waals surface area contributed by atoms with Crippen LogP contribution in [0, 0.1) is 11.8 Å². The van der Waals surface area contributed by atoms with E-state index < -0.39 is 23.5 Å². The van der Waals surface area contributed by atoms with Crippen molar-refractivity contribution in [2.45, 2.75) is 85.4 Å². The molecule has 7 heteroatoms. The summed E-state index contributed by atoms with van der Waals surface area (Å²) in [6.45, 7) is 15.5. The van der Waals surface area contributed by atoms with Gasteiger partial charge in [0.05, 0.1) is 18.8 Å². The van der Waals surface area contributed by atoms with E-state index in [0.29, 0.717) is 12.0 Å². The van der Waals surface area contributed by atoms with Gasteiger partial charge in [-0.25, -0.2) is 4.79 Å². The van der Waals surface area contributed by atoms with Gasteiger partial charge in [0.25, 0.3) is 0 Å². The summed E-state index contributed by atoms with van der Waals surface area (Å²) in [7, 11) is 3.21. The van der Waals surface area contributed by atoms with Crippen LogP contribution in [0.5, 0.6) is 0 Å². The van der Waals surface area contributed by atoms with E-state index >= 15 is 0 Å². The zero-order chi connectivity index (χ0) is 27.6. The molecule has 0 aliphatic rings. The average Bonchev–Trinajstić information content (AvgIpc) is 2.85. The van der Waals surface area contributed by atoms with E-state index in [1.807, 2.05) is 51.1 Å². The summed E-state index contributed by atoms with van der Waals surface area (Å²) < 4.78 is 10.6. The monoisotopic (exact) mass is 502 g/mol. The Balaban J connectivity index is 3.25. The van der Waals surface area contributed by atoms with Crippen LogP contribution < -0.4 is 5.32 Å². The maximum Gasteiger partial charge on any atom is 0.333 e. The van der Waals surface area contributed by atoms with Crippen LogP contribution in [-0.4, -0.2) is 61.6 Å². The SMILES string of the molecule is CCOC(=O)/C(C)=C/[C@H](C(C)C)N(C)C(=O)[C@@H](NC(=O)[C@@H](CC)C(C)(C)c1ccccc1)[C@@H](C)OC. The fourth-order valence-corrected chi connectivity index (χ4v) is 4.55. The maximum atomic E-state index is 13.7. The number of amides is 2. The Hall–Kier alpha value is -2.67. The summed E-state index contributed by atoms with van der Waals surface area (Å²) in [4.78, 5) is 41.1. The van der Waals surface area contributed by atoms with Crippen molar-refractivity contribution in [1.82, 2.24) is 10.2 Å². The number of rotatable bonds is 13. The minimum atomic E-state index is -0.884. The highest BCUT2D eigenvalue weighted by Crippen LogP contribution is 2.34. The van der Waals surface area contributed by atoms with Crippen molar-refractivity contribution in [3.05, 3.63) is 47.5 Å². The molecule has 1 aromatic rings. The molecule has 0 aliphatic heterocycles. The molecule has 1 aromatic carbocycles. The molecular formula is C29H46N2O5. The fourth-order valence-electron chi connectivity index (χ4n) is 4.55. The van der Waals surface area contributed by atoms with Crippen LogP contribution in [0.1, 0.15) is 67.4 Å². The van der Waals surface area contributed by atoms with Crippen molar-refractivity contribution in [2.75, 3.05) is 20.8 Å². The van der Waals surface area contributed by atoms with E-state index in [4.69, 9.17) is 9.47 Å². The van der Waals surface area contributed by atoms with Crippen molar-refractivity contribution in [2.24, 2.45) is 11.8 Å². The smallest absolute Gasteiger partial charge is 0.333 e. The number of ether oxygens (including phenoxy) is 2. The quantitative estimate of drug-likeness (QED) is 0.317. The Morgan fingerprint density at radius 1 is 1.08 bits per heavy atom. The lowest BCUT2D eigenvalue weighted by molar-refractivity contribution is -0.142. The molecule has 202 valence electrons. The zero-order valence-electron chi connectivity index (χ0n) is 23.8. The van der Waals surface area contributed by atoms with Gasteiger partial charge in [-0.2, -0.15) is 0 Å². The number of methoxy groups -OCH3 is 1. The van der Waals surface area contributed by atoms with Gasteiger partial charge < -0.3 is 19.7 Å². The highest BCUT2D eigenvalue weighted by atomic mass is 16.5. The first kappa shape index (κ1) is 31.4. The molecule has 0 heterocycles. The van der Waals surface area contributed by atoms with Gasteiger partial charge >= 0.3 is 5.97 Å². The summed E-state index contributed by atoms with van der Waals surface area (Å²) in [5, 5.41) is 3.00. The third-order valence-electron chi connectivity index (χ3n) is 7.01. The summed E-state index contributed by atoms with van der Waals surface area (Å²) in [6.07, 6.45) is 1.82. The number of carbonyl (C=O) groups excluding carboxylic acids is 3. The molecule has 4 atom stereocenters. The second-order valence-corrected chi connectivity index (χ2v) is 10.2. The third kappa shape index (κ3) is 7.92. The van der Waals surface area contributed by atoms with Crippen molar-refractivity contribution >= 4 is 17.8 Å². The van der Waals surface area contributed by atoms with Crippen molar-refractivity contribution in [3.8, 4) is 0 Å². The molecule has 1 N–H and O–H groups in total. The van der Waals surface area contributed by atoms with Gasteiger partial charge in [-0.05, 0) is 38.7 Å². The van der Waals surface area contributed by atoms with E-state index in [-0.39, 0.29) is 36.3 Å². The second kappa shape index (κ2) is 14.2. The van der Waals surface area contributed by atoms with Crippen LogP contribution in [0.2, 0.25) is 0 Å². The fraction of sp³-hybridized carbons (Fsp3) is 0.621. The first-order valence-electron chi connectivity index (χ1n) is 12.8. The van der Waals surface area contributed by atoms with Gasteiger partial charge in [-0.3, -0.25) is 9.59 Å². The Kier molecular flexibility index (Phi) is 12.3. The van der Waals surface area contributed by atoms with E-state index in [1.165, 1.54) is 7.11 Å². The Labute approximate surface area is 217 Å². The molecule has 36 heavy (non-hydrogen) atoms. The van der Waals surface area contributed by atoms with Gasteiger partial charge in [-0.1, -0.05) is 71.0 Å². The lowest BCUT2D eigenvalue weighted by Gasteiger charge is -2.37. The molecule has 0 radical (unpaired) electrons. The van der Waals surface area contributed by atoms with Gasteiger partial charge in [0.15, 0.2) is 0 Å². The first-order valence-corrected chi connectivity index (χ1v) is 12.8. The van der Waals surface area contributed by atoms with E-state index in [0.717, 1.165) is 5.56 Å². The van der Waals surface area contributed by atoms with Gasteiger partial charge in [-0.15, -0.1) is 0 Å². The molecule has 0 saturated carbocycles. The minimum Gasteiger partial charge on any atom is -0.463 e. The predicted molar refractivity (Wildman–Crippen MR) is 143 cm³/mol. The molecular weight excluding hydrogens is 456 g/mol. The molecule has 2 amide bonds. The Morgan fingerprint density at radius 2 is 1.67 bits per heavy atom. The summed E-state index contributed by atoms with van der Waals surface area (Å²) in [5.74, 6) is -1.21. The molecule has 1 rings (SSSR count). The van der Waals surface area contributed by atoms with Crippen molar-refractivity contribution in [3.63, 3.8) is 0 Å². The molecule has 0 aromatic heterocycles. The lowest BCUT2D eigenvalue weighted by Crippen LogP contribution is -2.57. The van der Waals surface area contributed by atoms with E-state index in [1.54, 1.807) is 38.8 Å². The zero-order valence-corrected chi connectivity index (χ0v) is 23.8. The third-order valence-corrected chi connectivity index (χ3v) is 7.01. The lowest BCUT2D eigenvalue weighted by atomic mass is 9.71. The van der Waals surface area contributed by atoms with Crippen molar-refractivity contribution in [1.29, 1.82) is 0 Å². The maximum absolute atomic E-state index is 13.7. The number of benzene rings is 1. The summed E-state index contributed by atoms with van der Waals surface area (Å²) >= 11 is 0. The van der Waals surface area contributed by atoms with E-state index in [2.05, 4.69) is 19.2 Å². The molecule has 7 nitrogen and oxygen atoms in total. The number of nitrogens with zero attached hydrogens (tertiary/aromatic N) is 1. The normalized spacial score (nSPS) is 15.6. The Morgan fingerprint density at radius 3 is 2.14 bits per heavy atom. The van der Waals surface area contributed by atoms with Gasteiger partial charge in [0.1, 0.15) is 6.04 Å². The number of hydrogen-bond acceptors (Lipinski definition) is 5. The highest BCUT2D eigenvalue weighted by molar-refractivity contribution is 5.90. The van der Waals surface area contributed by atoms with Crippen LogP contribution >= 0.6 is 0 Å². The van der Waals surface area contributed by atoms with Crippen LogP contribution in [0.4, 0.5) is 0 Å². The van der Waals surface area contributed by atoms with Crippen LogP contribution in [-0.2, 0) is 29.3 Å². The first-order chi connectivity index (χ1) is 16.8. The largest absolute Gasteiger partial charge is 0.463 e. The van der Waals surface area contributed by atoms with Gasteiger partial charge in [0, 0.05) is 31.1 Å². The number of carbonyl (C=O) groups is 3. The number of esters is 1. The van der Waals surface area contributed by atoms with Crippen molar-refractivity contribution < 1.29 is 23.9 Å². The molecule has 0 bridgehead atoms. The second-order valence-electron chi connectivity index (χ2n) is 10.2. The highest BCUT2D eigenvalue weighted by Gasteiger charge is 2.39. The molecule has 0 fully saturated rings. The minimum absolute atomic E-state index is 0.0259. The standard InChI is InChI=1S/C29H46N2O5/c1-11-23(29(7,8)22-16-14-13-15-17-22)26(32)30-25(21(6)35-10)27(33)31(9)24(19(3)4)18-20(5)28(34)36-12-2/h13-19,21,23-25H,11-12H2,1-10H3,(H,30,32)/b20-18+/t21-,23-,24-,25+/m1/s1. The number of hydrogen-bond donors (Lipinski definition) is 1. The summed E-state index contributed by atoms with van der Waals surface area (Å²) in [5.41, 5.74) is 1.06. The number of likely N-dealkylation sites (N-methyl/N-ethyl adjacent to an activating group) is 1.